The Morgan fingerprint density at radius 2 is 1.21 bits per heavy atom. The van der Waals surface area contributed by atoms with Crippen molar-refractivity contribution in [3.8, 4) is 0 Å². The molecular formula is C28H35N. The van der Waals surface area contributed by atoms with Crippen LogP contribution in [-0.4, -0.2) is 6.54 Å². The summed E-state index contributed by atoms with van der Waals surface area (Å²) in [5, 5.41) is 0. The molecule has 3 rings (SSSR count). The molecule has 0 aliphatic heterocycles. The van der Waals surface area contributed by atoms with Gasteiger partial charge in [-0.05, 0) is 48.6 Å². The fraction of sp³-hybridized carbons (Fsp3) is 0.357. The third-order valence-electron chi connectivity index (χ3n) is 5.62. The molecule has 1 heteroatoms. The zero-order chi connectivity index (χ0) is 20.2. The van der Waals surface area contributed by atoms with Gasteiger partial charge < -0.3 is 4.90 Å². The number of anilines is 2. The molecule has 0 radical (unpaired) electrons. The van der Waals surface area contributed by atoms with Crippen molar-refractivity contribution in [1.82, 2.24) is 0 Å². The zero-order valence-corrected chi connectivity index (χ0v) is 17.9. The van der Waals surface area contributed by atoms with Crippen LogP contribution in [0.25, 0.3) is 0 Å². The van der Waals surface area contributed by atoms with Gasteiger partial charge >= 0.3 is 0 Å². The lowest BCUT2D eigenvalue weighted by Gasteiger charge is -2.27. The van der Waals surface area contributed by atoms with Gasteiger partial charge in [0.15, 0.2) is 0 Å². The van der Waals surface area contributed by atoms with Crippen LogP contribution in [0.2, 0.25) is 0 Å². The molecule has 0 unspecified atom stereocenters. The summed E-state index contributed by atoms with van der Waals surface area (Å²) in [6.07, 6.45) is 10.3. The van der Waals surface area contributed by atoms with E-state index in [2.05, 4.69) is 96.8 Å². The second-order valence-electron chi connectivity index (χ2n) is 7.87. The topological polar surface area (TPSA) is 3.24 Å². The third-order valence-corrected chi connectivity index (χ3v) is 5.62. The van der Waals surface area contributed by atoms with Crippen LogP contribution in [0.3, 0.4) is 0 Å². The lowest BCUT2D eigenvalue weighted by molar-refractivity contribution is 0.607. The molecule has 0 aliphatic carbocycles. The summed E-state index contributed by atoms with van der Waals surface area (Å²) in [6, 6.07) is 30.6. The van der Waals surface area contributed by atoms with Gasteiger partial charge in [0.1, 0.15) is 0 Å². The Balaban J connectivity index is 1.73. The van der Waals surface area contributed by atoms with Gasteiger partial charge in [-0.25, -0.2) is 0 Å². The molecule has 0 aliphatic rings. The van der Waals surface area contributed by atoms with Gasteiger partial charge in [0, 0.05) is 17.9 Å². The predicted molar refractivity (Wildman–Crippen MR) is 127 cm³/mol. The van der Waals surface area contributed by atoms with Gasteiger partial charge in [0.2, 0.25) is 0 Å². The fourth-order valence-electron chi connectivity index (χ4n) is 3.96. The lowest BCUT2D eigenvalue weighted by Crippen LogP contribution is -2.21. The largest absolute Gasteiger partial charge is 0.341 e. The van der Waals surface area contributed by atoms with Gasteiger partial charge in [0.05, 0.1) is 0 Å². The summed E-state index contributed by atoms with van der Waals surface area (Å²) in [4.78, 5) is 2.50. The Hall–Kier alpha value is -2.54. The average Bonchev–Trinajstić information content (AvgIpc) is 2.78. The molecule has 0 amide bonds. The molecular weight excluding hydrogens is 350 g/mol. The SMILES string of the molecule is CCCCCCCCc1ccccc1N(CCc1ccccc1)c1ccccc1. The molecule has 0 spiro atoms. The minimum Gasteiger partial charge on any atom is -0.341 e. The highest BCUT2D eigenvalue weighted by Crippen LogP contribution is 2.30. The minimum absolute atomic E-state index is 0.988. The normalized spacial score (nSPS) is 10.8. The van der Waals surface area contributed by atoms with Crippen molar-refractivity contribution in [1.29, 1.82) is 0 Å². The van der Waals surface area contributed by atoms with Crippen molar-refractivity contribution in [2.24, 2.45) is 0 Å². The second-order valence-corrected chi connectivity index (χ2v) is 7.87. The van der Waals surface area contributed by atoms with Crippen molar-refractivity contribution in [2.75, 3.05) is 11.4 Å². The van der Waals surface area contributed by atoms with Crippen molar-refractivity contribution in [3.63, 3.8) is 0 Å². The van der Waals surface area contributed by atoms with Crippen molar-refractivity contribution < 1.29 is 0 Å². The quantitative estimate of drug-likeness (QED) is 0.286. The van der Waals surface area contributed by atoms with Crippen molar-refractivity contribution in [3.05, 3.63) is 96.1 Å². The van der Waals surface area contributed by atoms with Gasteiger partial charge in [0.25, 0.3) is 0 Å². The predicted octanol–water partition coefficient (Wildman–Crippen LogP) is 7.97. The van der Waals surface area contributed by atoms with Crippen LogP contribution in [0.5, 0.6) is 0 Å². The molecule has 0 fully saturated rings. The van der Waals surface area contributed by atoms with Gasteiger partial charge in [-0.3, -0.25) is 0 Å². The Kier molecular flexibility index (Phi) is 8.85. The molecule has 3 aromatic carbocycles. The summed E-state index contributed by atoms with van der Waals surface area (Å²) >= 11 is 0. The van der Waals surface area contributed by atoms with Crippen LogP contribution < -0.4 is 4.90 Å². The molecule has 29 heavy (non-hydrogen) atoms. The molecule has 0 aromatic heterocycles. The van der Waals surface area contributed by atoms with E-state index in [0.717, 1.165) is 19.4 Å². The van der Waals surface area contributed by atoms with E-state index >= 15 is 0 Å². The van der Waals surface area contributed by atoms with Gasteiger partial charge in [-0.15, -0.1) is 0 Å². The first-order valence-electron chi connectivity index (χ1n) is 11.3. The third kappa shape index (κ3) is 6.78. The van der Waals surface area contributed by atoms with E-state index in [1.54, 1.807) is 0 Å². The Labute approximate surface area is 177 Å². The van der Waals surface area contributed by atoms with E-state index in [1.807, 2.05) is 0 Å². The summed E-state index contributed by atoms with van der Waals surface area (Å²) in [5.41, 5.74) is 5.50. The number of aryl methyl sites for hydroxylation is 1. The lowest BCUT2D eigenvalue weighted by atomic mass is 10.0. The van der Waals surface area contributed by atoms with Crippen LogP contribution in [0, 0.1) is 0 Å². The fourth-order valence-corrected chi connectivity index (χ4v) is 3.96. The number of nitrogens with zero attached hydrogens (tertiary/aromatic N) is 1. The molecule has 152 valence electrons. The molecule has 1 nitrogen and oxygen atoms in total. The number of benzene rings is 3. The van der Waals surface area contributed by atoms with Crippen LogP contribution in [0.1, 0.15) is 56.6 Å². The maximum absolute atomic E-state index is 2.50. The first kappa shape index (κ1) is 21.2. The minimum atomic E-state index is 0.988. The van der Waals surface area contributed by atoms with Crippen LogP contribution >= 0.6 is 0 Å². The van der Waals surface area contributed by atoms with Crippen LogP contribution in [-0.2, 0) is 12.8 Å². The number of hydrogen-bond donors (Lipinski definition) is 0. The first-order chi connectivity index (χ1) is 14.4. The highest BCUT2D eigenvalue weighted by atomic mass is 15.1. The van der Waals surface area contributed by atoms with E-state index in [1.165, 1.54) is 61.0 Å². The zero-order valence-electron chi connectivity index (χ0n) is 17.9. The molecule has 0 saturated carbocycles. The number of para-hydroxylation sites is 2. The molecule has 0 bridgehead atoms. The van der Waals surface area contributed by atoms with E-state index in [0.29, 0.717) is 0 Å². The summed E-state index contributed by atoms with van der Waals surface area (Å²) in [5.74, 6) is 0. The Morgan fingerprint density at radius 1 is 0.586 bits per heavy atom. The standard InChI is InChI=1S/C28H35N/c1-2-3-4-5-6-11-18-26-19-14-15-22-28(26)29(27-20-12-8-13-21-27)24-23-25-16-9-7-10-17-25/h7-10,12-17,19-22H,2-6,11,18,23-24H2,1H3. The highest BCUT2D eigenvalue weighted by molar-refractivity contribution is 5.66. The molecule has 3 aromatic rings. The summed E-state index contributed by atoms with van der Waals surface area (Å²) in [6.45, 7) is 3.27. The number of hydrogen-bond acceptors (Lipinski definition) is 1. The monoisotopic (exact) mass is 385 g/mol. The maximum atomic E-state index is 2.50. The average molecular weight is 386 g/mol. The molecule has 0 saturated heterocycles. The van der Waals surface area contributed by atoms with Crippen molar-refractivity contribution in [2.45, 2.75) is 58.3 Å². The van der Waals surface area contributed by atoms with E-state index in [-0.39, 0.29) is 0 Å². The number of unbranched alkanes of at least 4 members (excludes halogenated alkanes) is 5. The van der Waals surface area contributed by atoms with Crippen molar-refractivity contribution >= 4 is 11.4 Å². The van der Waals surface area contributed by atoms with E-state index in [9.17, 15) is 0 Å². The van der Waals surface area contributed by atoms with Gasteiger partial charge in [-0.2, -0.15) is 0 Å². The first-order valence-corrected chi connectivity index (χ1v) is 11.3. The Morgan fingerprint density at radius 3 is 1.97 bits per heavy atom. The molecule has 0 N–H and O–H groups in total. The van der Waals surface area contributed by atoms with E-state index in [4.69, 9.17) is 0 Å². The van der Waals surface area contributed by atoms with Crippen LogP contribution in [0.15, 0.2) is 84.9 Å². The highest BCUT2D eigenvalue weighted by Gasteiger charge is 2.13. The molecule has 0 heterocycles. The van der Waals surface area contributed by atoms with E-state index < -0.39 is 0 Å². The molecule has 0 atom stereocenters. The van der Waals surface area contributed by atoms with Crippen LogP contribution in [0.4, 0.5) is 11.4 Å². The smallest absolute Gasteiger partial charge is 0.0443 e. The van der Waals surface area contributed by atoms with Gasteiger partial charge in [-0.1, -0.05) is 106 Å². The Bertz CT molecular complexity index is 810. The summed E-state index contributed by atoms with van der Waals surface area (Å²) in [7, 11) is 0. The summed E-state index contributed by atoms with van der Waals surface area (Å²) < 4.78 is 0. The second kappa shape index (κ2) is 12.1. The number of rotatable bonds is 12. The maximum Gasteiger partial charge on any atom is 0.0443 e.